The van der Waals surface area contributed by atoms with Gasteiger partial charge in [-0.25, -0.2) is 4.98 Å². The fourth-order valence-corrected chi connectivity index (χ4v) is 3.14. The first-order chi connectivity index (χ1) is 12.8. The minimum Gasteiger partial charge on any atom is -0.350 e. The van der Waals surface area contributed by atoms with Crippen molar-refractivity contribution in [1.82, 2.24) is 10.3 Å². The van der Waals surface area contributed by atoms with Crippen LogP contribution in [0.5, 0.6) is 0 Å². The average Bonchev–Trinajstić information content (AvgIpc) is 3.08. The smallest absolute Gasteiger partial charge is 0.350 e. The molecule has 1 atom stereocenters. The van der Waals surface area contributed by atoms with Crippen LogP contribution in [0.3, 0.4) is 0 Å². The Balaban J connectivity index is 1.73. The van der Waals surface area contributed by atoms with Gasteiger partial charge >= 0.3 is 6.18 Å². The normalized spacial score (nSPS) is 16.6. The molecular formula is C19H17ClF3N3O. The van der Waals surface area contributed by atoms with Crippen LogP contribution in [0.1, 0.15) is 23.1 Å². The number of rotatable bonds is 4. The van der Waals surface area contributed by atoms with E-state index in [1.807, 2.05) is 31.2 Å². The number of pyridine rings is 1. The van der Waals surface area contributed by atoms with E-state index >= 15 is 0 Å². The molecule has 1 amide bonds. The topological polar surface area (TPSA) is 45.2 Å². The van der Waals surface area contributed by atoms with Gasteiger partial charge in [0, 0.05) is 18.9 Å². The van der Waals surface area contributed by atoms with Crippen LogP contribution in [0.2, 0.25) is 5.02 Å². The Morgan fingerprint density at radius 1 is 1.37 bits per heavy atom. The van der Waals surface area contributed by atoms with Crippen molar-refractivity contribution in [3.8, 4) is 0 Å². The van der Waals surface area contributed by atoms with Crippen molar-refractivity contribution >= 4 is 23.3 Å². The molecule has 0 fully saturated rings. The number of carbonyl (C=O) groups is 1. The van der Waals surface area contributed by atoms with Crippen molar-refractivity contribution in [2.75, 3.05) is 4.90 Å². The van der Waals surface area contributed by atoms with Crippen LogP contribution in [0.15, 0.2) is 48.8 Å². The Morgan fingerprint density at radius 3 is 2.81 bits per heavy atom. The highest BCUT2D eigenvalue weighted by atomic mass is 35.5. The second-order valence-corrected chi connectivity index (χ2v) is 6.68. The number of amides is 1. The predicted molar refractivity (Wildman–Crippen MR) is 97.3 cm³/mol. The lowest BCUT2D eigenvalue weighted by atomic mass is 10.1. The first-order valence-electron chi connectivity index (χ1n) is 8.26. The lowest BCUT2D eigenvalue weighted by Crippen LogP contribution is -2.42. The zero-order chi connectivity index (χ0) is 19.6. The molecule has 2 heterocycles. The quantitative estimate of drug-likeness (QED) is 0.830. The molecule has 0 radical (unpaired) electrons. The fraction of sp³-hybridized carbons (Fsp3) is 0.263. The molecule has 3 rings (SSSR count). The third-order valence-corrected chi connectivity index (χ3v) is 4.48. The number of nitrogens with zero attached hydrogens (tertiary/aromatic N) is 2. The molecule has 0 aliphatic carbocycles. The molecule has 1 N–H and O–H groups in total. The number of aromatic nitrogens is 1. The Kier molecular flexibility index (Phi) is 5.41. The van der Waals surface area contributed by atoms with Crippen molar-refractivity contribution in [2.45, 2.75) is 32.1 Å². The zero-order valence-corrected chi connectivity index (χ0v) is 15.2. The number of carbonyl (C=O) groups excluding carboxylic acids is 1. The van der Waals surface area contributed by atoms with Crippen LogP contribution in [0, 0.1) is 6.92 Å². The van der Waals surface area contributed by atoms with Gasteiger partial charge in [0.05, 0.1) is 10.6 Å². The van der Waals surface area contributed by atoms with E-state index in [2.05, 4.69) is 10.3 Å². The Hall–Kier alpha value is -2.54. The van der Waals surface area contributed by atoms with Crippen LogP contribution < -0.4 is 10.2 Å². The molecule has 2 aromatic rings. The van der Waals surface area contributed by atoms with Crippen molar-refractivity contribution in [3.05, 3.63) is 70.5 Å². The second kappa shape index (κ2) is 7.60. The molecule has 0 spiro atoms. The molecule has 1 aromatic carbocycles. The maximum absolute atomic E-state index is 12.8. The van der Waals surface area contributed by atoms with Crippen LogP contribution in [0.4, 0.5) is 19.0 Å². The van der Waals surface area contributed by atoms with Crippen LogP contribution >= 0.6 is 11.6 Å². The van der Waals surface area contributed by atoms with Gasteiger partial charge < -0.3 is 10.2 Å². The maximum Gasteiger partial charge on any atom is 0.417 e. The average molecular weight is 396 g/mol. The lowest BCUT2D eigenvalue weighted by Gasteiger charge is -2.25. The van der Waals surface area contributed by atoms with Gasteiger partial charge in [0.2, 0.25) is 5.91 Å². The van der Waals surface area contributed by atoms with E-state index in [1.54, 1.807) is 12.3 Å². The predicted octanol–water partition coefficient (Wildman–Crippen LogP) is 4.47. The minimum atomic E-state index is -4.53. The molecule has 27 heavy (non-hydrogen) atoms. The van der Waals surface area contributed by atoms with E-state index in [0.29, 0.717) is 13.0 Å². The van der Waals surface area contributed by atoms with Gasteiger partial charge in [-0.3, -0.25) is 4.79 Å². The fourth-order valence-electron chi connectivity index (χ4n) is 2.88. The summed E-state index contributed by atoms with van der Waals surface area (Å²) >= 11 is 6.01. The van der Waals surface area contributed by atoms with Crippen LogP contribution in [-0.2, 0) is 17.5 Å². The summed E-state index contributed by atoms with van der Waals surface area (Å²) in [7, 11) is 0. The molecule has 8 heteroatoms. The summed E-state index contributed by atoms with van der Waals surface area (Å²) in [5.74, 6) is -0.131. The van der Waals surface area contributed by atoms with Gasteiger partial charge in [-0.2, -0.15) is 13.2 Å². The van der Waals surface area contributed by atoms with E-state index in [-0.39, 0.29) is 16.7 Å². The summed E-state index contributed by atoms with van der Waals surface area (Å²) in [6, 6.07) is 7.96. The van der Waals surface area contributed by atoms with E-state index in [1.165, 1.54) is 4.90 Å². The lowest BCUT2D eigenvalue weighted by molar-refractivity contribution is -0.137. The highest BCUT2D eigenvalue weighted by Gasteiger charge is 2.34. The largest absolute Gasteiger partial charge is 0.417 e. The second-order valence-electron chi connectivity index (χ2n) is 6.28. The number of nitrogens with one attached hydrogen (secondary N) is 1. The van der Waals surface area contributed by atoms with Gasteiger partial charge in [-0.1, -0.05) is 47.5 Å². The summed E-state index contributed by atoms with van der Waals surface area (Å²) in [6.45, 7) is 2.32. The van der Waals surface area contributed by atoms with E-state index in [4.69, 9.17) is 11.6 Å². The molecule has 1 unspecified atom stereocenters. The highest BCUT2D eigenvalue weighted by molar-refractivity contribution is 6.33. The minimum absolute atomic E-state index is 0.120. The number of hydrogen-bond acceptors (Lipinski definition) is 3. The van der Waals surface area contributed by atoms with Gasteiger partial charge in [0.25, 0.3) is 0 Å². The maximum atomic E-state index is 12.8. The molecule has 1 aliphatic rings. The SMILES string of the molecule is Cc1cccc(CNC(=O)C2CC=CN2c2ncc(C(F)(F)F)cc2Cl)c1. The molecule has 0 saturated heterocycles. The standard InChI is InChI=1S/C19H17ClF3N3O/c1-12-4-2-5-13(8-12)10-25-18(27)16-6-3-7-26(16)17-15(20)9-14(11-24-17)19(21,22)23/h2-5,7-9,11,16H,6,10H2,1H3,(H,25,27). The van der Waals surface area contributed by atoms with E-state index < -0.39 is 17.8 Å². The molecule has 0 saturated carbocycles. The summed E-state index contributed by atoms with van der Waals surface area (Å²) in [5.41, 5.74) is 1.12. The molecular weight excluding hydrogens is 379 g/mol. The zero-order valence-electron chi connectivity index (χ0n) is 14.4. The third-order valence-electron chi connectivity index (χ3n) is 4.21. The van der Waals surface area contributed by atoms with Gasteiger partial charge in [-0.15, -0.1) is 0 Å². The number of halogens is 4. The Morgan fingerprint density at radius 2 is 2.15 bits per heavy atom. The van der Waals surface area contributed by atoms with Gasteiger partial charge in [-0.05, 0) is 25.0 Å². The number of hydrogen-bond donors (Lipinski definition) is 1. The van der Waals surface area contributed by atoms with Crippen molar-refractivity contribution < 1.29 is 18.0 Å². The summed E-state index contributed by atoms with van der Waals surface area (Å²) in [5, 5.41) is 2.69. The van der Waals surface area contributed by atoms with Crippen LogP contribution in [-0.4, -0.2) is 16.9 Å². The summed E-state index contributed by atoms with van der Waals surface area (Å²) in [4.78, 5) is 17.9. The van der Waals surface area contributed by atoms with E-state index in [0.717, 1.165) is 23.4 Å². The van der Waals surface area contributed by atoms with E-state index in [9.17, 15) is 18.0 Å². The molecule has 1 aromatic heterocycles. The third kappa shape index (κ3) is 4.42. The van der Waals surface area contributed by atoms with Crippen molar-refractivity contribution in [3.63, 3.8) is 0 Å². The number of anilines is 1. The van der Waals surface area contributed by atoms with Crippen molar-refractivity contribution in [1.29, 1.82) is 0 Å². The molecule has 0 bridgehead atoms. The Bertz CT molecular complexity index is 883. The van der Waals surface area contributed by atoms with Gasteiger partial charge in [0.15, 0.2) is 5.82 Å². The first-order valence-corrected chi connectivity index (χ1v) is 8.64. The molecule has 4 nitrogen and oxygen atoms in total. The highest BCUT2D eigenvalue weighted by Crippen LogP contribution is 2.35. The summed E-state index contributed by atoms with van der Waals surface area (Å²) < 4.78 is 38.3. The first kappa shape index (κ1) is 19.2. The Labute approximate surface area is 159 Å². The number of benzene rings is 1. The van der Waals surface area contributed by atoms with Crippen LogP contribution in [0.25, 0.3) is 0 Å². The monoisotopic (exact) mass is 395 g/mol. The molecule has 142 valence electrons. The molecule has 1 aliphatic heterocycles. The number of aryl methyl sites for hydroxylation is 1. The summed E-state index contributed by atoms with van der Waals surface area (Å²) in [6.07, 6.45) is -0.0284. The van der Waals surface area contributed by atoms with Gasteiger partial charge in [0.1, 0.15) is 6.04 Å². The number of alkyl halides is 3. The van der Waals surface area contributed by atoms with Crippen molar-refractivity contribution in [2.24, 2.45) is 0 Å².